The van der Waals surface area contributed by atoms with Gasteiger partial charge in [-0.3, -0.25) is 4.79 Å². The highest BCUT2D eigenvalue weighted by Gasteiger charge is 2.29. The van der Waals surface area contributed by atoms with Crippen LogP contribution in [0.3, 0.4) is 0 Å². The monoisotopic (exact) mass is 516 g/mol. The van der Waals surface area contributed by atoms with Gasteiger partial charge in [0, 0.05) is 43.6 Å². The van der Waals surface area contributed by atoms with Gasteiger partial charge in [0.2, 0.25) is 0 Å². The van der Waals surface area contributed by atoms with Crippen molar-refractivity contribution in [3.63, 3.8) is 0 Å². The molecule has 0 aliphatic carbocycles. The predicted molar refractivity (Wildman–Crippen MR) is 146 cm³/mol. The fourth-order valence-corrected chi connectivity index (χ4v) is 4.87. The molecular formula is C30H36N4O4. The number of morpholine rings is 1. The molecule has 0 bridgehead atoms. The van der Waals surface area contributed by atoms with Gasteiger partial charge >= 0.3 is 0 Å². The van der Waals surface area contributed by atoms with E-state index in [-0.39, 0.29) is 5.91 Å². The van der Waals surface area contributed by atoms with Crippen LogP contribution >= 0.6 is 0 Å². The van der Waals surface area contributed by atoms with Crippen LogP contribution in [-0.2, 0) is 24.1 Å². The summed E-state index contributed by atoms with van der Waals surface area (Å²) in [5.74, 6) is 3.38. The lowest BCUT2D eigenvalue weighted by molar-refractivity contribution is 0.0732. The minimum atomic E-state index is 0.0194. The number of benzene rings is 2. The van der Waals surface area contributed by atoms with Gasteiger partial charge in [-0.2, -0.15) is 0 Å². The van der Waals surface area contributed by atoms with E-state index in [0.29, 0.717) is 51.3 Å². The molecule has 0 N–H and O–H groups in total. The molecule has 0 spiro atoms. The zero-order valence-corrected chi connectivity index (χ0v) is 22.3. The highest BCUT2D eigenvalue weighted by atomic mass is 16.5. The summed E-state index contributed by atoms with van der Waals surface area (Å²) in [6.07, 6.45) is 3.45. The fraction of sp³-hybridized carbons (Fsp3) is 0.433. The number of carbonyl (C=O) groups excluding carboxylic acids is 1. The number of hydrogen-bond donors (Lipinski definition) is 0. The molecule has 0 unspecified atom stereocenters. The number of amides is 1. The molecule has 1 fully saturated rings. The molecule has 5 rings (SSSR count). The molecular weight excluding hydrogens is 480 g/mol. The lowest BCUT2D eigenvalue weighted by atomic mass is 10.0. The van der Waals surface area contributed by atoms with Gasteiger partial charge in [0.15, 0.2) is 0 Å². The maximum Gasteiger partial charge on any atom is 0.254 e. The SMILES string of the molecule is CCCCOc1ccc(C(=O)N2CCc3nc(Cc4ccc(OC)cc4)nc(N4CCOCC4)c3C2)cc1. The first-order valence-electron chi connectivity index (χ1n) is 13.5. The first-order chi connectivity index (χ1) is 18.6. The largest absolute Gasteiger partial charge is 0.497 e. The molecule has 0 saturated carbocycles. The minimum Gasteiger partial charge on any atom is -0.497 e. The zero-order valence-electron chi connectivity index (χ0n) is 22.3. The van der Waals surface area contributed by atoms with E-state index < -0.39 is 0 Å². The molecule has 0 radical (unpaired) electrons. The Morgan fingerprint density at radius 1 is 0.974 bits per heavy atom. The van der Waals surface area contributed by atoms with Gasteiger partial charge in [0.25, 0.3) is 5.91 Å². The van der Waals surface area contributed by atoms with Gasteiger partial charge in [-0.25, -0.2) is 9.97 Å². The minimum absolute atomic E-state index is 0.0194. The number of hydrogen-bond acceptors (Lipinski definition) is 7. The maximum atomic E-state index is 13.4. The third kappa shape index (κ3) is 6.07. The normalized spacial score (nSPS) is 15.2. The van der Waals surface area contributed by atoms with Crippen molar-refractivity contribution in [2.45, 2.75) is 39.2 Å². The molecule has 38 heavy (non-hydrogen) atoms. The molecule has 200 valence electrons. The van der Waals surface area contributed by atoms with E-state index in [2.05, 4.69) is 24.0 Å². The standard InChI is InChI=1S/C30H36N4O4/c1-3-4-17-38-25-11-7-23(8-12-25)30(35)34-14-13-27-26(21-34)29(33-15-18-37-19-16-33)32-28(31-27)20-22-5-9-24(36-2)10-6-22/h5-12H,3-4,13-21H2,1-2H3. The number of fused-ring (bicyclic) bond motifs is 1. The van der Waals surface area contributed by atoms with Gasteiger partial charge in [-0.15, -0.1) is 0 Å². The first kappa shape index (κ1) is 26.0. The number of carbonyl (C=O) groups is 1. The van der Waals surface area contributed by atoms with Crippen LogP contribution in [0.5, 0.6) is 11.5 Å². The Balaban J connectivity index is 1.36. The Labute approximate surface area is 224 Å². The second kappa shape index (κ2) is 12.3. The van der Waals surface area contributed by atoms with E-state index in [1.54, 1.807) is 7.11 Å². The zero-order chi connectivity index (χ0) is 26.3. The van der Waals surface area contributed by atoms with Crippen molar-refractivity contribution in [3.05, 3.63) is 76.7 Å². The van der Waals surface area contributed by atoms with Crippen LogP contribution in [0.25, 0.3) is 0 Å². The lowest BCUT2D eigenvalue weighted by Gasteiger charge is -2.34. The van der Waals surface area contributed by atoms with Crippen LogP contribution in [0.1, 0.15) is 52.8 Å². The molecule has 1 amide bonds. The molecule has 2 aromatic carbocycles. The summed E-state index contributed by atoms with van der Waals surface area (Å²) in [4.78, 5) is 27.6. The second-order valence-electron chi connectivity index (χ2n) is 9.72. The Hall–Kier alpha value is -3.65. The molecule has 2 aliphatic heterocycles. The quantitative estimate of drug-likeness (QED) is 0.393. The van der Waals surface area contributed by atoms with Crippen LogP contribution in [-0.4, -0.2) is 67.3 Å². The summed E-state index contributed by atoms with van der Waals surface area (Å²) < 4.78 is 16.6. The third-order valence-corrected chi connectivity index (χ3v) is 7.07. The first-order valence-corrected chi connectivity index (χ1v) is 13.5. The van der Waals surface area contributed by atoms with Gasteiger partial charge in [0.1, 0.15) is 23.1 Å². The van der Waals surface area contributed by atoms with Crippen LogP contribution in [0.15, 0.2) is 48.5 Å². The van der Waals surface area contributed by atoms with E-state index >= 15 is 0 Å². The molecule has 8 nitrogen and oxygen atoms in total. The Bertz CT molecular complexity index is 1220. The highest BCUT2D eigenvalue weighted by molar-refractivity contribution is 5.94. The molecule has 2 aliphatic rings. The summed E-state index contributed by atoms with van der Waals surface area (Å²) in [7, 11) is 1.67. The van der Waals surface area contributed by atoms with Crippen LogP contribution < -0.4 is 14.4 Å². The summed E-state index contributed by atoms with van der Waals surface area (Å²) in [6, 6.07) is 15.5. The number of rotatable bonds is 9. The maximum absolute atomic E-state index is 13.4. The lowest BCUT2D eigenvalue weighted by Crippen LogP contribution is -2.41. The van der Waals surface area contributed by atoms with Crippen molar-refractivity contribution >= 4 is 11.7 Å². The molecule has 3 aromatic rings. The van der Waals surface area contributed by atoms with E-state index in [1.807, 2.05) is 41.3 Å². The van der Waals surface area contributed by atoms with Crippen molar-refractivity contribution in [1.82, 2.24) is 14.9 Å². The van der Waals surface area contributed by atoms with Crippen molar-refractivity contribution in [2.75, 3.05) is 51.5 Å². The Morgan fingerprint density at radius 3 is 2.42 bits per heavy atom. The van der Waals surface area contributed by atoms with E-state index in [9.17, 15) is 4.79 Å². The summed E-state index contributed by atoms with van der Waals surface area (Å²) >= 11 is 0. The van der Waals surface area contributed by atoms with E-state index in [0.717, 1.165) is 65.9 Å². The van der Waals surface area contributed by atoms with E-state index in [4.69, 9.17) is 24.2 Å². The van der Waals surface area contributed by atoms with Crippen LogP contribution in [0.2, 0.25) is 0 Å². The second-order valence-corrected chi connectivity index (χ2v) is 9.72. The summed E-state index contributed by atoms with van der Waals surface area (Å²) in [5, 5.41) is 0. The molecule has 0 atom stereocenters. The van der Waals surface area contributed by atoms with Crippen LogP contribution in [0.4, 0.5) is 5.82 Å². The van der Waals surface area contributed by atoms with Gasteiger partial charge in [-0.05, 0) is 48.4 Å². The van der Waals surface area contributed by atoms with Crippen molar-refractivity contribution in [1.29, 1.82) is 0 Å². The molecule has 8 heteroatoms. The average Bonchev–Trinajstić information content (AvgIpc) is 2.97. The molecule has 1 aromatic heterocycles. The van der Waals surface area contributed by atoms with Crippen molar-refractivity contribution in [3.8, 4) is 11.5 Å². The molecule has 3 heterocycles. The average molecular weight is 517 g/mol. The number of anilines is 1. The number of methoxy groups -OCH3 is 1. The van der Waals surface area contributed by atoms with Crippen molar-refractivity contribution < 1.29 is 19.0 Å². The van der Waals surface area contributed by atoms with Gasteiger partial charge in [0.05, 0.1) is 39.2 Å². The third-order valence-electron chi connectivity index (χ3n) is 7.07. The topological polar surface area (TPSA) is 77.0 Å². The Morgan fingerprint density at radius 2 is 1.71 bits per heavy atom. The number of ether oxygens (including phenoxy) is 3. The van der Waals surface area contributed by atoms with Crippen LogP contribution in [0, 0.1) is 0 Å². The summed E-state index contributed by atoms with van der Waals surface area (Å²) in [5.41, 5.74) is 3.88. The fourth-order valence-electron chi connectivity index (χ4n) is 4.87. The number of unbranched alkanes of at least 4 members (excludes halogenated alkanes) is 1. The van der Waals surface area contributed by atoms with Gasteiger partial charge < -0.3 is 24.0 Å². The summed E-state index contributed by atoms with van der Waals surface area (Å²) in [6.45, 7) is 6.85. The number of nitrogens with zero attached hydrogens (tertiary/aromatic N) is 4. The van der Waals surface area contributed by atoms with Gasteiger partial charge in [-0.1, -0.05) is 25.5 Å². The highest BCUT2D eigenvalue weighted by Crippen LogP contribution is 2.29. The smallest absolute Gasteiger partial charge is 0.254 e. The Kier molecular flexibility index (Phi) is 8.38. The number of aromatic nitrogens is 2. The van der Waals surface area contributed by atoms with Crippen molar-refractivity contribution in [2.24, 2.45) is 0 Å². The molecule has 1 saturated heterocycles. The van der Waals surface area contributed by atoms with E-state index in [1.165, 1.54) is 0 Å². The predicted octanol–water partition coefficient (Wildman–Crippen LogP) is 4.29.